The van der Waals surface area contributed by atoms with Gasteiger partial charge in [0.2, 0.25) is 0 Å². The summed E-state index contributed by atoms with van der Waals surface area (Å²) in [6, 6.07) is 7.39. The van der Waals surface area contributed by atoms with E-state index in [9.17, 15) is 9.59 Å². The van der Waals surface area contributed by atoms with E-state index in [1.54, 1.807) is 23.4 Å². The van der Waals surface area contributed by atoms with Crippen molar-refractivity contribution in [2.45, 2.75) is 84.6 Å². The highest BCUT2D eigenvalue weighted by atomic mass is 32.2. The Kier molecular flexibility index (Phi) is 10.8. The first-order chi connectivity index (χ1) is 19.0. The van der Waals surface area contributed by atoms with Gasteiger partial charge in [0.05, 0.1) is 23.3 Å². The van der Waals surface area contributed by atoms with Crippen molar-refractivity contribution in [3.05, 3.63) is 68.9 Å². The number of amides is 1. The standard InChI is InChI=1S/C30H38N4O3S2/c1-3-4-5-6-7-8-9-10-11-12-17-34-29(36)25(39-30(34)38)20-24-26(31-21-23-16-14-19-37-23)32-27-22(2)15-13-18-33(27)28(24)35/h13-16,18-20,31H,3-12,17,21H2,1-2H3/b25-20+. The van der Waals surface area contributed by atoms with E-state index in [0.717, 1.165) is 24.2 Å². The Morgan fingerprint density at radius 2 is 1.74 bits per heavy atom. The minimum absolute atomic E-state index is 0.147. The molecule has 1 aliphatic heterocycles. The summed E-state index contributed by atoms with van der Waals surface area (Å²) in [6.45, 7) is 5.13. The molecular formula is C30H38N4O3S2. The molecule has 0 spiro atoms. The molecule has 1 saturated heterocycles. The average molecular weight is 567 g/mol. The maximum atomic E-state index is 13.5. The Hall–Kier alpha value is -2.91. The number of thioether (sulfide) groups is 1. The maximum Gasteiger partial charge on any atom is 0.267 e. The summed E-state index contributed by atoms with van der Waals surface area (Å²) < 4.78 is 7.49. The zero-order valence-corrected chi connectivity index (χ0v) is 24.5. The topological polar surface area (TPSA) is 79.8 Å². The summed E-state index contributed by atoms with van der Waals surface area (Å²) in [5.41, 5.74) is 1.52. The van der Waals surface area contributed by atoms with Crippen LogP contribution in [0.5, 0.6) is 0 Å². The Labute approximate surface area is 240 Å². The summed E-state index contributed by atoms with van der Waals surface area (Å²) in [4.78, 5) is 33.7. The van der Waals surface area contributed by atoms with Crippen molar-refractivity contribution >= 4 is 51.7 Å². The molecule has 0 bridgehead atoms. The molecule has 1 N–H and O–H groups in total. The largest absolute Gasteiger partial charge is 0.467 e. The first-order valence-electron chi connectivity index (χ1n) is 14.0. The van der Waals surface area contributed by atoms with Gasteiger partial charge in [-0.1, -0.05) is 94.8 Å². The van der Waals surface area contributed by atoms with Crippen LogP contribution < -0.4 is 10.9 Å². The Morgan fingerprint density at radius 3 is 2.44 bits per heavy atom. The molecule has 0 saturated carbocycles. The molecule has 39 heavy (non-hydrogen) atoms. The number of fused-ring (bicyclic) bond motifs is 1. The van der Waals surface area contributed by atoms with Crippen molar-refractivity contribution in [3.8, 4) is 0 Å². The summed E-state index contributed by atoms with van der Waals surface area (Å²) in [5, 5.41) is 3.23. The summed E-state index contributed by atoms with van der Waals surface area (Å²) >= 11 is 6.79. The van der Waals surface area contributed by atoms with Crippen LogP contribution in [-0.2, 0) is 11.3 Å². The molecule has 7 nitrogen and oxygen atoms in total. The third-order valence-electron chi connectivity index (χ3n) is 6.98. The second-order valence-corrected chi connectivity index (χ2v) is 11.7. The van der Waals surface area contributed by atoms with Crippen molar-refractivity contribution in [2.24, 2.45) is 0 Å². The van der Waals surface area contributed by atoms with Crippen LogP contribution >= 0.6 is 24.0 Å². The van der Waals surface area contributed by atoms with Gasteiger partial charge in [0.15, 0.2) is 0 Å². The van der Waals surface area contributed by atoms with Gasteiger partial charge in [-0.3, -0.25) is 18.9 Å². The van der Waals surface area contributed by atoms with Crippen LogP contribution in [0.2, 0.25) is 0 Å². The van der Waals surface area contributed by atoms with Crippen LogP contribution in [-0.4, -0.2) is 31.1 Å². The van der Waals surface area contributed by atoms with E-state index in [2.05, 4.69) is 12.2 Å². The molecule has 3 aromatic rings. The predicted molar refractivity (Wildman–Crippen MR) is 164 cm³/mol. The monoisotopic (exact) mass is 566 g/mol. The van der Waals surface area contributed by atoms with Crippen molar-refractivity contribution in [1.82, 2.24) is 14.3 Å². The summed E-state index contributed by atoms with van der Waals surface area (Å²) in [6.07, 6.45) is 17.3. The predicted octanol–water partition coefficient (Wildman–Crippen LogP) is 7.33. The SMILES string of the molecule is CCCCCCCCCCCCN1C(=O)/C(=C\c2c(NCc3ccco3)nc3c(C)cccn3c2=O)SC1=S. The fraction of sp³-hybridized carbons (Fsp3) is 0.467. The molecule has 4 rings (SSSR count). The van der Waals surface area contributed by atoms with Crippen molar-refractivity contribution in [2.75, 3.05) is 11.9 Å². The Bertz CT molecular complexity index is 1360. The molecule has 9 heteroatoms. The lowest BCUT2D eigenvalue weighted by Gasteiger charge is -2.14. The van der Waals surface area contributed by atoms with E-state index in [4.69, 9.17) is 21.6 Å². The lowest BCUT2D eigenvalue weighted by molar-refractivity contribution is -0.122. The van der Waals surface area contributed by atoms with E-state index in [1.807, 2.05) is 31.2 Å². The van der Waals surface area contributed by atoms with Crippen molar-refractivity contribution < 1.29 is 9.21 Å². The molecule has 3 aromatic heterocycles. The second-order valence-electron chi connectivity index (χ2n) is 10.0. The van der Waals surface area contributed by atoms with Crippen LogP contribution in [0.15, 0.2) is 50.8 Å². The molecule has 0 aliphatic carbocycles. The zero-order valence-electron chi connectivity index (χ0n) is 22.9. The highest BCUT2D eigenvalue weighted by Crippen LogP contribution is 2.33. The lowest BCUT2D eigenvalue weighted by Crippen LogP contribution is -2.29. The van der Waals surface area contributed by atoms with Gasteiger partial charge in [-0.15, -0.1) is 0 Å². The number of nitrogens with zero attached hydrogens (tertiary/aromatic N) is 3. The number of rotatable bonds is 15. The molecule has 0 aromatic carbocycles. The fourth-order valence-corrected chi connectivity index (χ4v) is 6.03. The highest BCUT2D eigenvalue weighted by Gasteiger charge is 2.32. The van der Waals surface area contributed by atoms with Gasteiger partial charge in [0.1, 0.15) is 21.5 Å². The average Bonchev–Trinajstić information content (AvgIpc) is 3.54. The van der Waals surface area contributed by atoms with Crippen molar-refractivity contribution in [3.63, 3.8) is 0 Å². The summed E-state index contributed by atoms with van der Waals surface area (Å²) in [5.74, 6) is 0.979. The van der Waals surface area contributed by atoms with Crippen LogP contribution in [0.3, 0.4) is 0 Å². The molecule has 0 atom stereocenters. The number of furan rings is 1. The van der Waals surface area contributed by atoms with Gasteiger partial charge in [-0.2, -0.15) is 0 Å². The Morgan fingerprint density at radius 1 is 1.03 bits per heavy atom. The van der Waals surface area contributed by atoms with Crippen LogP contribution in [0.1, 0.15) is 88.0 Å². The van der Waals surface area contributed by atoms with Crippen molar-refractivity contribution in [1.29, 1.82) is 0 Å². The number of pyridine rings is 1. The molecule has 208 valence electrons. The number of hydrogen-bond acceptors (Lipinski definition) is 7. The van der Waals surface area contributed by atoms with Crippen LogP contribution in [0, 0.1) is 6.92 Å². The number of carbonyl (C=O) groups is 1. The molecule has 0 unspecified atom stereocenters. The quantitative estimate of drug-likeness (QED) is 0.117. The molecule has 1 fully saturated rings. The van der Waals surface area contributed by atoms with Gasteiger partial charge in [-0.05, 0) is 43.2 Å². The third-order valence-corrected chi connectivity index (χ3v) is 8.36. The molecule has 4 heterocycles. The van der Waals surface area contributed by atoms with Gasteiger partial charge in [0.25, 0.3) is 11.5 Å². The summed E-state index contributed by atoms with van der Waals surface area (Å²) in [7, 11) is 0. The highest BCUT2D eigenvalue weighted by molar-refractivity contribution is 8.26. The lowest BCUT2D eigenvalue weighted by atomic mass is 10.1. The van der Waals surface area contributed by atoms with E-state index in [1.165, 1.54) is 67.5 Å². The van der Waals surface area contributed by atoms with E-state index < -0.39 is 0 Å². The number of thiocarbonyl (C=S) groups is 1. The van der Waals surface area contributed by atoms with Gasteiger partial charge < -0.3 is 9.73 Å². The first-order valence-corrected chi connectivity index (χ1v) is 15.3. The second kappa shape index (κ2) is 14.5. The first kappa shape index (κ1) is 29.1. The Balaban J connectivity index is 1.42. The minimum Gasteiger partial charge on any atom is -0.467 e. The number of carbonyl (C=O) groups excluding carboxylic acids is 1. The molecular weight excluding hydrogens is 528 g/mol. The van der Waals surface area contributed by atoms with Crippen LogP contribution in [0.4, 0.5) is 5.82 Å². The number of aromatic nitrogens is 2. The minimum atomic E-state index is -0.245. The molecule has 1 aliphatic rings. The molecule has 0 radical (unpaired) electrons. The fourth-order valence-electron chi connectivity index (χ4n) is 4.74. The number of aryl methyl sites for hydroxylation is 1. The number of nitrogens with one attached hydrogen (secondary N) is 1. The normalized spacial score (nSPS) is 14.7. The van der Waals surface area contributed by atoms with Crippen LogP contribution in [0.25, 0.3) is 11.7 Å². The third kappa shape index (κ3) is 7.60. The van der Waals surface area contributed by atoms with E-state index in [0.29, 0.717) is 39.3 Å². The number of hydrogen-bond donors (Lipinski definition) is 1. The smallest absolute Gasteiger partial charge is 0.267 e. The zero-order chi connectivity index (χ0) is 27.6. The van der Waals surface area contributed by atoms with Gasteiger partial charge >= 0.3 is 0 Å². The molecule has 1 amide bonds. The number of anilines is 1. The van der Waals surface area contributed by atoms with E-state index >= 15 is 0 Å². The number of unbranched alkanes of at least 4 members (excludes halogenated alkanes) is 9. The van der Waals surface area contributed by atoms with E-state index in [-0.39, 0.29) is 11.5 Å². The maximum absolute atomic E-state index is 13.5. The van der Waals surface area contributed by atoms with Gasteiger partial charge in [-0.25, -0.2) is 4.98 Å². The van der Waals surface area contributed by atoms with Gasteiger partial charge in [0, 0.05) is 12.7 Å².